The molecule has 0 radical (unpaired) electrons. The standard InChI is InChI=1S/C20H19BrN2O3/c1-12-9-15(6-7-17(12)21)23-20(24)16(13(2)22-23)10-14-5-8-18(25-3)19(11-14)26-4/h5-11H,1-4H3/b16-10+. The van der Waals surface area contributed by atoms with Crippen LogP contribution >= 0.6 is 15.9 Å². The van der Waals surface area contributed by atoms with Crippen LogP contribution in [0.15, 0.2) is 51.5 Å². The SMILES string of the molecule is COc1ccc(/C=C2/C(=O)N(c3ccc(Br)c(C)c3)N=C2C)cc1OC. The number of hydrazone groups is 1. The maximum Gasteiger partial charge on any atom is 0.280 e. The van der Waals surface area contributed by atoms with Crippen LogP contribution in [-0.4, -0.2) is 25.8 Å². The Morgan fingerprint density at radius 3 is 2.42 bits per heavy atom. The predicted molar refractivity (Wildman–Crippen MR) is 107 cm³/mol. The third kappa shape index (κ3) is 3.37. The molecule has 0 saturated heterocycles. The van der Waals surface area contributed by atoms with Gasteiger partial charge in [0.25, 0.3) is 5.91 Å². The minimum atomic E-state index is -0.154. The highest BCUT2D eigenvalue weighted by atomic mass is 79.9. The Labute approximate surface area is 161 Å². The molecule has 2 aromatic carbocycles. The second kappa shape index (κ2) is 7.33. The number of halogens is 1. The fourth-order valence-electron chi connectivity index (χ4n) is 2.73. The van der Waals surface area contributed by atoms with Crippen molar-refractivity contribution in [2.24, 2.45) is 5.10 Å². The number of aryl methyl sites for hydroxylation is 1. The highest BCUT2D eigenvalue weighted by Gasteiger charge is 2.29. The van der Waals surface area contributed by atoms with E-state index in [1.165, 1.54) is 5.01 Å². The third-order valence-corrected chi connectivity index (χ3v) is 5.06. The fourth-order valence-corrected chi connectivity index (χ4v) is 2.98. The van der Waals surface area contributed by atoms with Crippen molar-refractivity contribution < 1.29 is 14.3 Å². The monoisotopic (exact) mass is 414 g/mol. The van der Waals surface area contributed by atoms with Gasteiger partial charge in [-0.25, -0.2) is 0 Å². The van der Waals surface area contributed by atoms with Crippen LogP contribution in [0.1, 0.15) is 18.1 Å². The lowest BCUT2D eigenvalue weighted by Crippen LogP contribution is -2.21. The van der Waals surface area contributed by atoms with Crippen LogP contribution in [0, 0.1) is 6.92 Å². The van der Waals surface area contributed by atoms with Crippen molar-refractivity contribution >= 4 is 39.3 Å². The van der Waals surface area contributed by atoms with Crippen LogP contribution < -0.4 is 14.5 Å². The zero-order chi connectivity index (χ0) is 18.8. The molecule has 1 aliphatic rings. The molecule has 1 aliphatic heterocycles. The number of methoxy groups -OCH3 is 2. The van der Waals surface area contributed by atoms with Crippen molar-refractivity contribution in [3.05, 3.63) is 57.6 Å². The van der Waals surface area contributed by atoms with Crippen molar-refractivity contribution in [2.75, 3.05) is 19.2 Å². The van der Waals surface area contributed by atoms with Gasteiger partial charge in [0.2, 0.25) is 0 Å². The molecule has 0 aliphatic carbocycles. The van der Waals surface area contributed by atoms with Crippen LogP contribution in [0.3, 0.4) is 0 Å². The zero-order valence-corrected chi connectivity index (χ0v) is 16.6. The predicted octanol–water partition coefficient (Wildman–Crippen LogP) is 4.58. The number of carbonyl (C=O) groups is 1. The lowest BCUT2D eigenvalue weighted by atomic mass is 10.1. The van der Waals surface area contributed by atoms with E-state index >= 15 is 0 Å². The normalized spacial score (nSPS) is 15.4. The molecule has 134 valence electrons. The Bertz CT molecular complexity index is 935. The van der Waals surface area contributed by atoms with Gasteiger partial charge in [-0.05, 0) is 61.4 Å². The largest absolute Gasteiger partial charge is 0.493 e. The maximum absolute atomic E-state index is 12.9. The van der Waals surface area contributed by atoms with Crippen LogP contribution in [0.2, 0.25) is 0 Å². The molecular weight excluding hydrogens is 396 g/mol. The van der Waals surface area contributed by atoms with Gasteiger partial charge >= 0.3 is 0 Å². The highest BCUT2D eigenvalue weighted by Crippen LogP contribution is 2.31. The molecule has 3 rings (SSSR count). The van der Waals surface area contributed by atoms with E-state index in [0.717, 1.165) is 21.3 Å². The summed E-state index contributed by atoms with van der Waals surface area (Å²) >= 11 is 3.47. The summed E-state index contributed by atoms with van der Waals surface area (Å²) in [7, 11) is 3.17. The molecule has 0 spiro atoms. The molecule has 0 saturated carbocycles. The molecule has 1 amide bonds. The van der Waals surface area contributed by atoms with Gasteiger partial charge in [0.1, 0.15) is 0 Å². The maximum atomic E-state index is 12.9. The lowest BCUT2D eigenvalue weighted by molar-refractivity contribution is -0.114. The van der Waals surface area contributed by atoms with E-state index in [1.807, 2.05) is 56.3 Å². The minimum absolute atomic E-state index is 0.154. The zero-order valence-electron chi connectivity index (χ0n) is 15.0. The summed E-state index contributed by atoms with van der Waals surface area (Å²) in [6, 6.07) is 11.2. The fraction of sp³-hybridized carbons (Fsp3) is 0.200. The van der Waals surface area contributed by atoms with Crippen molar-refractivity contribution in [3.8, 4) is 11.5 Å². The molecule has 5 nitrogen and oxygen atoms in total. The molecule has 0 N–H and O–H groups in total. The minimum Gasteiger partial charge on any atom is -0.493 e. The topological polar surface area (TPSA) is 51.1 Å². The number of anilines is 1. The summed E-state index contributed by atoms with van der Waals surface area (Å²) in [5.41, 5.74) is 3.85. The van der Waals surface area contributed by atoms with E-state index < -0.39 is 0 Å². The first kappa shape index (κ1) is 18.2. The van der Waals surface area contributed by atoms with Crippen molar-refractivity contribution in [1.82, 2.24) is 0 Å². The number of rotatable bonds is 4. The van der Waals surface area contributed by atoms with Crippen molar-refractivity contribution in [2.45, 2.75) is 13.8 Å². The summed E-state index contributed by atoms with van der Waals surface area (Å²) in [4.78, 5) is 12.9. The summed E-state index contributed by atoms with van der Waals surface area (Å²) < 4.78 is 11.6. The number of nitrogens with zero attached hydrogens (tertiary/aromatic N) is 2. The van der Waals surface area contributed by atoms with E-state index in [9.17, 15) is 4.79 Å². The summed E-state index contributed by atoms with van der Waals surface area (Å²) in [5, 5.41) is 5.86. The van der Waals surface area contributed by atoms with Gasteiger partial charge in [0.05, 0.1) is 31.2 Å². The van der Waals surface area contributed by atoms with Gasteiger partial charge in [-0.2, -0.15) is 10.1 Å². The quantitative estimate of drug-likeness (QED) is 0.687. The lowest BCUT2D eigenvalue weighted by Gasteiger charge is -2.13. The van der Waals surface area contributed by atoms with E-state index in [0.29, 0.717) is 22.8 Å². The van der Waals surface area contributed by atoms with Gasteiger partial charge in [-0.3, -0.25) is 4.79 Å². The molecule has 2 aromatic rings. The average Bonchev–Trinajstić information content (AvgIpc) is 2.92. The van der Waals surface area contributed by atoms with Gasteiger partial charge in [0, 0.05) is 4.47 Å². The molecule has 0 atom stereocenters. The Hall–Kier alpha value is -2.60. The first-order valence-corrected chi connectivity index (χ1v) is 8.84. The van der Waals surface area contributed by atoms with Crippen LogP contribution in [0.25, 0.3) is 6.08 Å². The first-order chi connectivity index (χ1) is 12.4. The smallest absolute Gasteiger partial charge is 0.280 e. The Balaban J connectivity index is 1.95. The molecule has 0 aromatic heterocycles. The van der Waals surface area contributed by atoms with Crippen LogP contribution in [0.5, 0.6) is 11.5 Å². The average molecular weight is 415 g/mol. The number of hydrogen-bond donors (Lipinski definition) is 0. The van der Waals surface area contributed by atoms with E-state index in [-0.39, 0.29) is 5.91 Å². The summed E-state index contributed by atoms with van der Waals surface area (Å²) in [5.74, 6) is 1.10. The molecular formula is C20H19BrN2O3. The number of hydrogen-bond acceptors (Lipinski definition) is 4. The first-order valence-electron chi connectivity index (χ1n) is 8.04. The molecule has 1 heterocycles. The van der Waals surface area contributed by atoms with Gasteiger partial charge < -0.3 is 9.47 Å². The molecule has 0 fully saturated rings. The third-order valence-electron chi connectivity index (χ3n) is 4.17. The second-order valence-electron chi connectivity index (χ2n) is 5.91. The number of carbonyl (C=O) groups excluding carboxylic acids is 1. The van der Waals surface area contributed by atoms with E-state index in [2.05, 4.69) is 21.0 Å². The van der Waals surface area contributed by atoms with Crippen LogP contribution in [-0.2, 0) is 4.79 Å². The van der Waals surface area contributed by atoms with Gasteiger partial charge in [-0.15, -0.1) is 0 Å². The Kier molecular flexibility index (Phi) is 5.13. The molecule has 0 unspecified atom stereocenters. The Morgan fingerprint density at radius 2 is 1.77 bits per heavy atom. The van der Waals surface area contributed by atoms with Gasteiger partial charge in [0.15, 0.2) is 11.5 Å². The highest BCUT2D eigenvalue weighted by molar-refractivity contribution is 9.10. The van der Waals surface area contributed by atoms with E-state index in [4.69, 9.17) is 9.47 Å². The van der Waals surface area contributed by atoms with Crippen LogP contribution in [0.4, 0.5) is 5.69 Å². The van der Waals surface area contributed by atoms with Crippen molar-refractivity contribution in [3.63, 3.8) is 0 Å². The second-order valence-corrected chi connectivity index (χ2v) is 6.76. The van der Waals surface area contributed by atoms with Crippen molar-refractivity contribution in [1.29, 1.82) is 0 Å². The number of ether oxygens (including phenoxy) is 2. The summed E-state index contributed by atoms with van der Waals surface area (Å²) in [6.07, 6.45) is 1.81. The molecule has 6 heteroatoms. The molecule has 0 bridgehead atoms. The Morgan fingerprint density at radius 1 is 1.04 bits per heavy atom. The molecule has 26 heavy (non-hydrogen) atoms. The number of benzene rings is 2. The van der Waals surface area contributed by atoms with E-state index in [1.54, 1.807) is 14.2 Å². The number of amides is 1. The summed E-state index contributed by atoms with van der Waals surface area (Å²) in [6.45, 7) is 3.81. The van der Waals surface area contributed by atoms with Gasteiger partial charge in [-0.1, -0.05) is 22.0 Å².